The van der Waals surface area contributed by atoms with E-state index in [0.717, 1.165) is 65.2 Å². The Balaban J connectivity index is 1.20. The lowest BCUT2D eigenvalue weighted by atomic mass is 9.95. The highest BCUT2D eigenvalue weighted by Gasteiger charge is 2.27. The molecule has 0 aromatic heterocycles. The Bertz CT molecular complexity index is 797. The normalized spacial score (nSPS) is 19.4. The summed E-state index contributed by atoms with van der Waals surface area (Å²) in [6, 6.07) is 17.0. The number of halogens is 1. The van der Waals surface area contributed by atoms with Gasteiger partial charge in [0.2, 0.25) is 0 Å². The third kappa shape index (κ3) is 5.22. The summed E-state index contributed by atoms with van der Waals surface area (Å²) in [5.74, 6) is 0.0319. The molecule has 4 rings (SSSR count). The van der Waals surface area contributed by atoms with Crippen molar-refractivity contribution < 1.29 is 9.18 Å². The fourth-order valence-corrected chi connectivity index (χ4v) is 4.46. The second-order valence-corrected chi connectivity index (χ2v) is 8.28. The van der Waals surface area contributed by atoms with Gasteiger partial charge in [-0.3, -0.25) is 9.69 Å². The van der Waals surface area contributed by atoms with Crippen LogP contribution >= 0.6 is 0 Å². The number of nitrogens with zero attached hydrogens (tertiary/aromatic N) is 3. The van der Waals surface area contributed by atoms with Gasteiger partial charge in [-0.15, -0.1) is 0 Å². The summed E-state index contributed by atoms with van der Waals surface area (Å²) in [7, 11) is 0. The zero-order chi connectivity index (χ0) is 20.1. The summed E-state index contributed by atoms with van der Waals surface area (Å²) in [4.78, 5) is 19.5. The molecule has 1 amide bonds. The van der Waals surface area contributed by atoms with Gasteiger partial charge in [-0.25, -0.2) is 4.39 Å². The second kappa shape index (κ2) is 9.51. The molecule has 4 nitrogen and oxygen atoms in total. The van der Waals surface area contributed by atoms with Gasteiger partial charge in [0.25, 0.3) is 5.91 Å². The Kier molecular flexibility index (Phi) is 6.57. The quantitative estimate of drug-likeness (QED) is 0.775. The Hall–Kier alpha value is -2.24. The van der Waals surface area contributed by atoms with Crippen molar-refractivity contribution in [2.45, 2.75) is 19.4 Å². The van der Waals surface area contributed by atoms with Crippen LogP contribution in [-0.4, -0.2) is 66.4 Å². The van der Waals surface area contributed by atoms with Crippen LogP contribution in [0.5, 0.6) is 0 Å². The molecule has 2 aromatic carbocycles. The molecule has 0 aliphatic carbocycles. The maximum absolute atomic E-state index is 13.9. The minimum Gasteiger partial charge on any atom is -0.339 e. The number of hydrogen-bond acceptors (Lipinski definition) is 3. The molecule has 2 aliphatic rings. The van der Waals surface area contributed by atoms with Crippen molar-refractivity contribution in [3.05, 3.63) is 71.5 Å². The first kappa shape index (κ1) is 20.0. The van der Waals surface area contributed by atoms with E-state index >= 15 is 0 Å². The van der Waals surface area contributed by atoms with E-state index in [1.165, 1.54) is 11.6 Å². The molecule has 0 unspecified atom stereocenters. The molecule has 154 valence electrons. The molecule has 0 radical (unpaired) electrons. The molecule has 2 heterocycles. The second-order valence-electron chi connectivity index (χ2n) is 8.28. The standard InChI is InChI=1S/C24H30FN3O/c25-23-9-5-4-8-22(23)24(29)28-12-10-21(11-13-28)19-27-16-14-26(15-17-27)18-20-6-2-1-3-7-20/h1-9,21H,10-19H2. The van der Waals surface area contributed by atoms with Crippen molar-refractivity contribution in [1.82, 2.24) is 14.7 Å². The van der Waals surface area contributed by atoms with Crippen LogP contribution in [0.4, 0.5) is 4.39 Å². The van der Waals surface area contributed by atoms with Gasteiger partial charge in [-0.1, -0.05) is 42.5 Å². The number of piperidine rings is 1. The van der Waals surface area contributed by atoms with Crippen molar-refractivity contribution in [2.75, 3.05) is 45.8 Å². The van der Waals surface area contributed by atoms with Crippen LogP contribution < -0.4 is 0 Å². The fraction of sp³-hybridized carbons (Fsp3) is 0.458. The smallest absolute Gasteiger partial charge is 0.256 e. The zero-order valence-corrected chi connectivity index (χ0v) is 17.0. The SMILES string of the molecule is O=C(c1ccccc1F)N1CCC(CN2CCN(Cc3ccccc3)CC2)CC1. The molecule has 0 saturated carbocycles. The van der Waals surface area contributed by atoms with Gasteiger partial charge >= 0.3 is 0 Å². The topological polar surface area (TPSA) is 26.8 Å². The summed E-state index contributed by atoms with van der Waals surface area (Å²) >= 11 is 0. The molecule has 2 fully saturated rings. The van der Waals surface area contributed by atoms with E-state index in [4.69, 9.17) is 0 Å². The first-order valence-electron chi connectivity index (χ1n) is 10.7. The number of hydrogen-bond donors (Lipinski definition) is 0. The van der Waals surface area contributed by atoms with E-state index < -0.39 is 5.82 Å². The Labute approximate surface area is 172 Å². The lowest BCUT2D eigenvalue weighted by Gasteiger charge is -2.39. The van der Waals surface area contributed by atoms with E-state index in [1.807, 2.05) is 4.90 Å². The van der Waals surface area contributed by atoms with Crippen molar-refractivity contribution in [1.29, 1.82) is 0 Å². The maximum atomic E-state index is 13.9. The average molecular weight is 396 g/mol. The lowest BCUT2D eigenvalue weighted by molar-refractivity contribution is 0.0625. The van der Waals surface area contributed by atoms with Gasteiger partial charge in [-0.2, -0.15) is 0 Å². The van der Waals surface area contributed by atoms with Crippen molar-refractivity contribution >= 4 is 5.91 Å². The van der Waals surface area contributed by atoms with Crippen LogP contribution in [0.3, 0.4) is 0 Å². The molecule has 2 saturated heterocycles. The van der Waals surface area contributed by atoms with Crippen LogP contribution in [0.2, 0.25) is 0 Å². The summed E-state index contributed by atoms with van der Waals surface area (Å²) in [6.45, 7) is 8.05. The molecule has 29 heavy (non-hydrogen) atoms. The minimum atomic E-state index is -0.423. The largest absolute Gasteiger partial charge is 0.339 e. The number of likely N-dealkylation sites (tertiary alicyclic amines) is 1. The summed E-state index contributed by atoms with van der Waals surface area (Å²) in [5.41, 5.74) is 1.58. The molecule has 0 bridgehead atoms. The number of amides is 1. The summed E-state index contributed by atoms with van der Waals surface area (Å²) in [5, 5.41) is 0. The maximum Gasteiger partial charge on any atom is 0.256 e. The predicted molar refractivity (Wildman–Crippen MR) is 113 cm³/mol. The number of piperazine rings is 1. The van der Waals surface area contributed by atoms with E-state index in [2.05, 4.69) is 40.1 Å². The van der Waals surface area contributed by atoms with E-state index in [-0.39, 0.29) is 11.5 Å². The molecule has 0 spiro atoms. The van der Waals surface area contributed by atoms with Crippen molar-refractivity contribution in [3.63, 3.8) is 0 Å². The zero-order valence-electron chi connectivity index (χ0n) is 17.0. The molecule has 2 aromatic rings. The number of rotatable bonds is 5. The van der Waals surface area contributed by atoms with Crippen LogP contribution in [0.15, 0.2) is 54.6 Å². The molecule has 5 heteroatoms. The Morgan fingerprint density at radius 3 is 2.14 bits per heavy atom. The molecule has 2 aliphatic heterocycles. The highest BCUT2D eigenvalue weighted by Crippen LogP contribution is 2.22. The van der Waals surface area contributed by atoms with Crippen LogP contribution in [0.25, 0.3) is 0 Å². The molecular weight excluding hydrogens is 365 g/mol. The molecule has 0 atom stereocenters. The van der Waals surface area contributed by atoms with Crippen molar-refractivity contribution in [2.24, 2.45) is 5.92 Å². The van der Waals surface area contributed by atoms with Gasteiger partial charge in [0.15, 0.2) is 0 Å². The van der Waals surface area contributed by atoms with E-state index in [1.54, 1.807) is 18.2 Å². The van der Waals surface area contributed by atoms with Gasteiger partial charge in [0.1, 0.15) is 5.82 Å². The summed E-state index contributed by atoms with van der Waals surface area (Å²) in [6.07, 6.45) is 2.01. The number of carbonyl (C=O) groups excluding carboxylic acids is 1. The number of benzene rings is 2. The Morgan fingerprint density at radius 2 is 1.45 bits per heavy atom. The first-order chi connectivity index (χ1) is 14.2. The van der Waals surface area contributed by atoms with E-state index in [9.17, 15) is 9.18 Å². The fourth-order valence-electron chi connectivity index (χ4n) is 4.46. The van der Waals surface area contributed by atoms with Gasteiger partial charge in [0, 0.05) is 52.4 Å². The molecule has 0 N–H and O–H groups in total. The lowest BCUT2D eigenvalue weighted by Crippen LogP contribution is -2.48. The predicted octanol–water partition coefficient (Wildman–Crippen LogP) is 3.50. The van der Waals surface area contributed by atoms with Crippen molar-refractivity contribution in [3.8, 4) is 0 Å². The van der Waals surface area contributed by atoms with Gasteiger partial charge in [0.05, 0.1) is 5.56 Å². The monoisotopic (exact) mass is 395 g/mol. The average Bonchev–Trinajstić information content (AvgIpc) is 2.76. The van der Waals surface area contributed by atoms with Crippen LogP contribution in [-0.2, 0) is 6.54 Å². The summed E-state index contributed by atoms with van der Waals surface area (Å²) < 4.78 is 13.9. The molecular formula is C24H30FN3O. The van der Waals surface area contributed by atoms with Crippen LogP contribution in [0, 0.1) is 11.7 Å². The number of carbonyl (C=O) groups is 1. The van der Waals surface area contributed by atoms with Crippen LogP contribution in [0.1, 0.15) is 28.8 Å². The first-order valence-corrected chi connectivity index (χ1v) is 10.7. The van der Waals surface area contributed by atoms with Gasteiger partial charge < -0.3 is 9.80 Å². The minimum absolute atomic E-state index is 0.170. The van der Waals surface area contributed by atoms with Gasteiger partial charge in [-0.05, 0) is 36.5 Å². The van der Waals surface area contributed by atoms with E-state index in [0.29, 0.717) is 5.92 Å². The highest BCUT2D eigenvalue weighted by molar-refractivity contribution is 5.94. The third-order valence-corrected chi connectivity index (χ3v) is 6.24. The Morgan fingerprint density at radius 1 is 0.828 bits per heavy atom. The third-order valence-electron chi connectivity index (χ3n) is 6.24. The highest BCUT2D eigenvalue weighted by atomic mass is 19.1.